The van der Waals surface area contributed by atoms with Crippen LogP contribution in [0.4, 0.5) is 4.39 Å². The molecule has 0 bridgehead atoms. The molecule has 0 unspecified atom stereocenters. The second-order valence-electron chi connectivity index (χ2n) is 4.65. The van der Waals surface area contributed by atoms with Gasteiger partial charge >= 0.3 is 0 Å². The van der Waals surface area contributed by atoms with Gasteiger partial charge in [-0.1, -0.05) is 17.7 Å². The minimum atomic E-state index is -0.368. The predicted octanol–water partition coefficient (Wildman–Crippen LogP) is 3.56. The second-order valence-corrected chi connectivity index (χ2v) is 6.15. The molecule has 0 amide bonds. The molecule has 1 N–H and O–H groups in total. The van der Waals surface area contributed by atoms with E-state index in [-0.39, 0.29) is 5.82 Å². The van der Waals surface area contributed by atoms with Crippen LogP contribution in [-0.4, -0.2) is 30.7 Å². The number of rotatable bonds is 5. The number of aromatic amines is 1. The first kappa shape index (κ1) is 15.1. The van der Waals surface area contributed by atoms with E-state index in [4.69, 9.17) is 11.6 Å². The van der Waals surface area contributed by atoms with Crippen LogP contribution in [0.3, 0.4) is 0 Å². The summed E-state index contributed by atoms with van der Waals surface area (Å²) < 4.78 is 16.0. The number of aromatic nitrogens is 5. The third kappa shape index (κ3) is 3.00. The average molecular weight is 338 g/mol. The Kier molecular flexibility index (Phi) is 4.44. The van der Waals surface area contributed by atoms with Gasteiger partial charge in [-0.3, -0.25) is 0 Å². The third-order valence-electron chi connectivity index (χ3n) is 3.20. The summed E-state index contributed by atoms with van der Waals surface area (Å²) in [6, 6.07) is 3.08. The molecular weight excluding hydrogens is 325 g/mol. The molecule has 0 radical (unpaired) electrons. The third-order valence-corrected chi connectivity index (χ3v) is 4.56. The van der Waals surface area contributed by atoms with Crippen molar-refractivity contribution in [2.75, 3.05) is 5.75 Å². The van der Waals surface area contributed by atoms with Crippen molar-refractivity contribution < 1.29 is 4.39 Å². The fourth-order valence-corrected chi connectivity index (χ4v) is 3.06. The van der Waals surface area contributed by atoms with Crippen LogP contribution in [0, 0.1) is 12.7 Å². The van der Waals surface area contributed by atoms with Gasteiger partial charge < -0.3 is 4.57 Å². The van der Waals surface area contributed by atoms with Crippen LogP contribution in [0.1, 0.15) is 5.56 Å². The molecule has 114 valence electrons. The van der Waals surface area contributed by atoms with Crippen molar-refractivity contribution in [2.45, 2.75) is 18.5 Å². The fraction of sp³-hybridized carbons (Fsp3) is 0.214. The Labute approximate surface area is 135 Å². The molecule has 0 fully saturated rings. The summed E-state index contributed by atoms with van der Waals surface area (Å²) in [7, 11) is 0. The van der Waals surface area contributed by atoms with Gasteiger partial charge in [0.15, 0.2) is 0 Å². The highest BCUT2D eigenvalue weighted by Crippen LogP contribution is 2.32. The first-order chi connectivity index (χ1) is 10.7. The van der Waals surface area contributed by atoms with Crippen LogP contribution in [0.25, 0.3) is 11.4 Å². The minimum Gasteiger partial charge on any atom is -0.330 e. The number of thioether (sulfide) groups is 1. The van der Waals surface area contributed by atoms with Crippen molar-refractivity contribution in [3.63, 3.8) is 0 Å². The molecule has 0 saturated heterocycles. The van der Waals surface area contributed by atoms with Crippen LogP contribution in [0.2, 0.25) is 5.02 Å². The zero-order chi connectivity index (χ0) is 15.5. The lowest BCUT2D eigenvalue weighted by Crippen LogP contribution is -2.04. The van der Waals surface area contributed by atoms with E-state index in [2.05, 4.69) is 20.4 Å². The van der Waals surface area contributed by atoms with Gasteiger partial charge in [-0.05, 0) is 18.6 Å². The van der Waals surface area contributed by atoms with E-state index in [1.807, 2.05) is 17.7 Å². The van der Waals surface area contributed by atoms with Crippen molar-refractivity contribution in [3.8, 4) is 11.4 Å². The number of hydrogen-bond acceptors (Lipinski definition) is 4. The first-order valence-corrected chi connectivity index (χ1v) is 7.98. The van der Waals surface area contributed by atoms with Gasteiger partial charge in [-0.25, -0.2) is 9.37 Å². The topological polar surface area (TPSA) is 59.4 Å². The van der Waals surface area contributed by atoms with Crippen molar-refractivity contribution in [1.29, 1.82) is 0 Å². The second kappa shape index (κ2) is 6.50. The molecule has 5 nitrogen and oxygen atoms in total. The Morgan fingerprint density at radius 1 is 1.41 bits per heavy atom. The first-order valence-electron chi connectivity index (χ1n) is 6.61. The maximum atomic E-state index is 14.2. The standard InChI is InChI=1S/C14H13ClFN5S/c1-9-2-3-10(16)12(13(9)15)14-17-4-5-21(14)6-7-22-11-8-18-20-19-11/h2-5,8H,6-7H2,1H3,(H,18,19,20). The Morgan fingerprint density at radius 3 is 3.05 bits per heavy atom. The maximum Gasteiger partial charge on any atom is 0.144 e. The lowest BCUT2D eigenvalue weighted by Gasteiger charge is -2.11. The Bertz CT molecular complexity index is 772. The molecule has 22 heavy (non-hydrogen) atoms. The lowest BCUT2D eigenvalue weighted by atomic mass is 10.1. The van der Waals surface area contributed by atoms with Crippen molar-refractivity contribution in [2.24, 2.45) is 0 Å². The van der Waals surface area contributed by atoms with Gasteiger partial charge in [0.25, 0.3) is 0 Å². The number of benzene rings is 1. The summed E-state index contributed by atoms with van der Waals surface area (Å²) in [6.07, 6.45) is 5.13. The van der Waals surface area contributed by atoms with Gasteiger partial charge in [0, 0.05) is 24.7 Å². The molecule has 2 aromatic heterocycles. The molecule has 0 aliphatic rings. The lowest BCUT2D eigenvalue weighted by molar-refractivity contribution is 0.627. The van der Waals surface area contributed by atoms with Crippen molar-refractivity contribution >= 4 is 23.4 Å². The number of H-pyrrole nitrogens is 1. The van der Waals surface area contributed by atoms with Crippen molar-refractivity contribution in [3.05, 3.63) is 47.1 Å². The molecule has 0 atom stereocenters. The van der Waals surface area contributed by atoms with Gasteiger partial charge in [-0.15, -0.1) is 16.9 Å². The number of aryl methyl sites for hydroxylation is 2. The van der Waals surface area contributed by atoms with E-state index in [0.717, 1.165) is 16.3 Å². The van der Waals surface area contributed by atoms with E-state index < -0.39 is 0 Å². The predicted molar refractivity (Wildman–Crippen MR) is 84.5 cm³/mol. The molecule has 0 aliphatic carbocycles. The number of imidazole rings is 1. The normalized spacial score (nSPS) is 11.0. The average Bonchev–Trinajstić information content (AvgIpc) is 3.16. The van der Waals surface area contributed by atoms with Crippen LogP contribution < -0.4 is 0 Å². The van der Waals surface area contributed by atoms with E-state index in [1.165, 1.54) is 6.07 Å². The molecule has 0 spiro atoms. The SMILES string of the molecule is Cc1ccc(F)c(-c2nccn2CCSc2cn[nH]n2)c1Cl. The minimum absolute atomic E-state index is 0.345. The van der Waals surface area contributed by atoms with Crippen LogP contribution in [0.5, 0.6) is 0 Å². The Balaban J connectivity index is 1.82. The number of halogens is 2. The molecular formula is C14H13ClFN5S. The molecule has 1 aromatic carbocycles. The van der Waals surface area contributed by atoms with E-state index in [9.17, 15) is 4.39 Å². The van der Waals surface area contributed by atoms with E-state index in [0.29, 0.717) is 23.0 Å². The van der Waals surface area contributed by atoms with E-state index >= 15 is 0 Å². The van der Waals surface area contributed by atoms with Gasteiger partial charge in [0.2, 0.25) is 0 Å². The molecule has 3 rings (SSSR count). The van der Waals surface area contributed by atoms with Gasteiger partial charge in [0.05, 0.1) is 16.8 Å². The van der Waals surface area contributed by atoms with Crippen LogP contribution in [0.15, 0.2) is 35.7 Å². The summed E-state index contributed by atoms with van der Waals surface area (Å²) in [5, 5.41) is 11.5. The fourth-order valence-electron chi connectivity index (χ4n) is 2.09. The Hall–Kier alpha value is -1.86. The monoisotopic (exact) mass is 337 g/mol. The molecule has 0 saturated carbocycles. The van der Waals surface area contributed by atoms with Crippen LogP contribution >= 0.6 is 23.4 Å². The quantitative estimate of drug-likeness (QED) is 0.723. The molecule has 8 heteroatoms. The highest BCUT2D eigenvalue weighted by atomic mass is 35.5. The summed E-state index contributed by atoms with van der Waals surface area (Å²) in [5.41, 5.74) is 1.17. The van der Waals surface area contributed by atoms with Gasteiger partial charge in [-0.2, -0.15) is 10.3 Å². The summed E-state index contributed by atoms with van der Waals surface area (Å²) >= 11 is 7.82. The highest BCUT2D eigenvalue weighted by molar-refractivity contribution is 7.99. The molecule has 2 heterocycles. The number of nitrogens with zero attached hydrogens (tertiary/aromatic N) is 4. The Morgan fingerprint density at radius 2 is 2.27 bits per heavy atom. The zero-order valence-corrected chi connectivity index (χ0v) is 13.3. The number of nitrogens with one attached hydrogen (secondary N) is 1. The van der Waals surface area contributed by atoms with Gasteiger partial charge in [0.1, 0.15) is 16.7 Å². The van der Waals surface area contributed by atoms with Crippen molar-refractivity contribution in [1.82, 2.24) is 25.0 Å². The number of hydrogen-bond donors (Lipinski definition) is 1. The van der Waals surface area contributed by atoms with Crippen LogP contribution in [-0.2, 0) is 6.54 Å². The summed E-state index contributed by atoms with van der Waals surface area (Å²) in [6.45, 7) is 2.51. The molecule has 3 aromatic rings. The summed E-state index contributed by atoms with van der Waals surface area (Å²) in [5.74, 6) is 0.931. The largest absolute Gasteiger partial charge is 0.330 e. The summed E-state index contributed by atoms with van der Waals surface area (Å²) in [4.78, 5) is 4.26. The smallest absolute Gasteiger partial charge is 0.144 e. The maximum absolute atomic E-state index is 14.2. The highest BCUT2D eigenvalue weighted by Gasteiger charge is 2.16. The zero-order valence-electron chi connectivity index (χ0n) is 11.8. The molecule has 0 aliphatic heterocycles. The van der Waals surface area contributed by atoms with E-state index in [1.54, 1.807) is 30.2 Å².